The van der Waals surface area contributed by atoms with Gasteiger partial charge >= 0.3 is 6.03 Å². The molecule has 3 aromatic rings. The van der Waals surface area contributed by atoms with Crippen LogP contribution in [0, 0.1) is 3.57 Å². The fraction of sp³-hybridized carbons (Fsp3) is 0.0476. The molecule has 3 aromatic carbocycles. The number of carbonyl (C=O) groups is 2. The van der Waals surface area contributed by atoms with E-state index in [4.69, 9.17) is 4.74 Å². The molecule has 0 bridgehead atoms. The Hall–Kier alpha value is -2.87. The third-order valence-corrected chi connectivity index (χ3v) is 5.09. The van der Waals surface area contributed by atoms with Crippen molar-refractivity contribution in [3.63, 3.8) is 0 Å². The largest absolute Gasteiger partial charge is 0.488 e. The van der Waals surface area contributed by atoms with Crippen molar-refractivity contribution < 1.29 is 14.3 Å². The molecule has 0 unspecified atom stereocenters. The van der Waals surface area contributed by atoms with Crippen molar-refractivity contribution in [1.82, 2.24) is 10.6 Å². The van der Waals surface area contributed by atoms with Crippen molar-refractivity contribution in [2.75, 3.05) is 0 Å². The lowest BCUT2D eigenvalue weighted by Crippen LogP contribution is -2.22. The van der Waals surface area contributed by atoms with Gasteiger partial charge in [-0.2, -0.15) is 0 Å². The van der Waals surface area contributed by atoms with E-state index in [1.807, 2.05) is 36.4 Å². The van der Waals surface area contributed by atoms with Crippen LogP contribution in [0.1, 0.15) is 11.1 Å². The van der Waals surface area contributed by atoms with Gasteiger partial charge in [0.05, 0.1) is 3.57 Å². The van der Waals surface area contributed by atoms with Gasteiger partial charge in [0.1, 0.15) is 18.1 Å². The minimum Gasteiger partial charge on any atom is -0.488 e. The lowest BCUT2D eigenvalue weighted by atomic mass is 10.1. The fourth-order valence-corrected chi connectivity index (χ4v) is 3.64. The first-order valence-electron chi connectivity index (χ1n) is 8.33. The molecule has 27 heavy (non-hydrogen) atoms. The lowest BCUT2D eigenvalue weighted by Gasteiger charge is -2.11. The number of amides is 3. The van der Waals surface area contributed by atoms with E-state index in [1.54, 1.807) is 6.08 Å². The molecular formula is C21H15IN2O3. The second-order valence-electron chi connectivity index (χ2n) is 6.08. The molecule has 0 aliphatic carbocycles. The molecule has 3 amide bonds. The molecule has 0 spiro atoms. The van der Waals surface area contributed by atoms with E-state index in [0.717, 1.165) is 20.4 Å². The van der Waals surface area contributed by atoms with Gasteiger partial charge in [-0.25, -0.2) is 4.79 Å². The van der Waals surface area contributed by atoms with Gasteiger partial charge in [-0.05, 0) is 62.7 Å². The van der Waals surface area contributed by atoms with Gasteiger partial charge in [0.2, 0.25) is 0 Å². The maximum absolute atomic E-state index is 11.6. The summed E-state index contributed by atoms with van der Waals surface area (Å²) in [7, 11) is 0. The van der Waals surface area contributed by atoms with Crippen molar-refractivity contribution in [2.24, 2.45) is 0 Å². The normalized spacial score (nSPS) is 15.1. The summed E-state index contributed by atoms with van der Waals surface area (Å²) in [4.78, 5) is 22.8. The van der Waals surface area contributed by atoms with E-state index in [1.165, 1.54) is 10.8 Å². The van der Waals surface area contributed by atoms with Crippen LogP contribution in [0.2, 0.25) is 0 Å². The highest BCUT2D eigenvalue weighted by Gasteiger charge is 2.22. The molecule has 1 aliphatic heterocycles. The Morgan fingerprint density at radius 2 is 1.78 bits per heavy atom. The number of urea groups is 1. The lowest BCUT2D eigenvalue weighted by molar-refractivity contribution is -0.115. The number of fused-ring (bicyclic) bond motifs is 1. The Morgan fingerprint density at radius 1 is 0.963 bits per heavy atom. The molecule has 2 N–H and O–H groups in total. The maximum atomic E-state index is 11.6. The topological polar surface area (TPSA) is 67.4 Å². The second-order valence-corrected chi connectivity index (χ2v) is 7.25. The first-order chi connectivity index (χ1) is 13.1. The van der Waals surface area contributed by atoms with Gasteiger partial charge in [-0.3, -0.25) is 10.1 Å². The van der Waals surface area contributed by atoms with Crippen molar-refractivity contribution in [1.29, 1.82) is 0 Å². The predicted molar refractivity (Wildman–Crippen MR) is 112 cm³/mol. The third-order valence-electron chi connectivity index (χ3n) is 4.25. The van der Waals surface area contributed by atoms with Gasteiger partial charge in [0, 0.05) is 0 Å². The van der Waals surface area contributed by atoms with Crippen molar-refractivity contribution >= 4 is 51.4 Å². The van der Waals surface area contributed by atoms with E-state index in [-0.39, 0.29) is 5.70 Å². The molecule has 0 saturated carbocycles. The van der Waals surface area contributed by atoms with Crippen molar-refractivity contribution in [3.8, 4) is 5.75 Å². The quantitative estimate of drug-likeness (QED) is 0.341. The average molecular weight is 470 g/mol. The Labute approximate surface area is 169 Å². The number of rotatable bonds is 4. The van der Waals surface area contributed by atoms with E-state index in [2.05, 4.69) is 57.5 Å². The molecule has 1 aliphatic rings. The van der Waals surface area contributed by atoms with E-state index < -0.39 is 11.9 Å². The van der Waals surface area contributed by atoms with Crippen LogP contribution in [0.25, 0.3) is 16.8 Å². The van der Waals surface area contributed by atoms with Crippen molar-refractivity contribution in [2.45, 2.75) is 6.61 Å². The van der Waals surface area contributed by atoms with Gasteiger partial charge in [0.25, 0.3) is 5.91 Å². The van der Waals surface area contributed by atoms with Crippen LogP contribution in [-0.2, 0) is 11.4 Å². The molecule has 5 nitrogen and oxygen atoms in total. The van der Waals surface area contributed by atoms with Crippen LogP contribution in [0.5, 0.6) is 5.75 Å². The van der Waals surface area contributed by atoms with E-state index in [9.17, 15) is 9.59 Å². The molecule has 134 valence electrons. The standard InChI is InChI=1S/C21H15IN2O3/c22-17-10-13(11-18-20(25)24-21(26)23-18)8-9-19(17)27-12-15-6-3-5-14-4-1-2-7-16(14)15/h1-11H,12H2,(H2,23,24,25,26)/b18-11+. The highest BCUT2D eigenvalue weighted by Crippen LogP contribution is 2.26. The van der Waals surface area contributed by atoms with Crippen LogP contribution in [0.15, 0.2) is 66.4 Å². The molecule has 4 rings (SSSR count). The smallest absolute Gasteiger partial charge is 0.326 e. The molecule has 0 atom stereocenters. The summed E-state index contributed by atoms with van der Waals surface area (Å²) in [5, 5.41) is 7.03. The second kappa shape index (κ2) is 7.40. The van der Waals surface area contributed by atoms with Crippen LogP contribution in [-0.4, -0.2) is 11.9 Å². The number of benzene rings is 3. The number of imide groups is 1. The van der Waals surface area contributed by atoms with Gasteiger partial charge in [-0.15, -0.1) is 0 Å². The Kier molecular flexibility index (Phi) is 4.81. The molecule has 1 heterocycles. The summed E-state index contributed by atoms with van der Waals surface area (Å²) in [5.41, 5.74) is 2.17. The Bertz CT molecular complexity index is 1090. The average Bonchev–Trinajstić information content (AvgIpc) is 2.98. The molecular weight excluding hydrogens is 455 g/mol. The zero-order chi connectivity index (χ0) is 18.8. The minimum atomic E-state index is -0.504. The number of ether oxygens (including phenoxy) is 1. The van der Waals surface area contributed by atoms with Gasteiger partial charge in [-0.1, -0.05) is 48.5 Å². The van der Waals surface area contributed by atoms with Crippen LogP contribution < -0.4 is 15.4 Å². The summed E-state index contributed by atoms with van der Waals surface area (Å²) >= 11 is 2.20. The van der Waals surface area contributed by atoms with Crippen LogP contribution in [0.4, 0.5) is 4.79 Å². The molecule has 0 radical (unpaired) electrons. The number of nitrogens with one attached hydrogen (secondary N) is 2. The minimum absolute atomic E-state index is 0.236. The highest BCUT2D eigenvalue weighted by atomic mass is 127. The first-order valence-corrected chi connectivity index (χ1v) is 9.41. The number of carbonyl (C=O) groups excluding carboxylic acids is 2. The summed E-state index contributed by atoms with van der Waals surface area (Å²) in [6.45, 7) is 0.469. The zero-order valence-corrected chi connectivity index (χ0v) is 16.3. The molecule has 1 saturated heterocycles. The van der Waals surface area contributed by atoms with Gasteiger partial charge in [0.15, 0.2) is 0 Å². The summed E-state index contributed by atoms with van der Waals surface area (Å²) < 4.78 is 6.94. The first kappa shape index (κ1) is 17.5. The van der Waals surface area contributed by atoms with E-state index >= 15 is 0 Å². The van der Waals surface area contributed by atoms with Crippen LogP contribution in [0.3, 0.4) is 0 Å². The van der Waals surface area contributed by atoms with E-state index in [0.29, 0.717) is 6.61 Å². The Balaban J connectivity index is 1.52. The number of hydrogen-bond donors (Lipinski definition) is 2. The zero-order valence-electron chi connectivity index (χ0n) is 14.2. The third kappa shape index (κ3) is 3.80. The molecule has 6 heteroatoms. The number of halogens is 1. The maximum Gasteiger partial charge on any atom is 0.326 e. The van der Waals surface area contributed by atoms with Crippen molar-refractivity contribution in [3.05, 3.63) is 81.1 Å². The number of hydrogen-bond acceptors (Lipinski definition) is 3. The SMILES string of the molecule is O=C1NC(=O)/C(=C\c2ccc(OCc3cccc4ccccc34)c(I)c2)N1. The fourth-order valence-electron chi connectivity index (χ4n) is 2.95. The van der Waals surface area contributed by atoms with Crippen LogP contribution >= 0.6 is 22.6 Å². The predicted octanol–water partition coefficient (Wildman–Crippen LogP) is 4.20. The summed E-state index contributed by atoms with van der Waals surface area (Å²) in [6, 6.07) is 19.5. The molecule has 0 aromatic heterocycles. The highest BCUT2D eigenvalue weighted by molar-refractivity contribution is 14.1. The molecule has 1 fully saturated rings. The summed E-state index contributed by atoms with van der Waals surface area (Å²) in [6.07, 6.45) is 1.64. The Morgan fingerprint density at radius 3 is 2.56 bits per heavy atom. The van der Waals surface area contributed by atoms with Gasteiger partial charge < -0.3 is 10.1 Å². The summed E-state index contributed by atoms with van der Waals surface area (Å²) in [5.74, 6) is 0.344. The monoisotopic (exact) mass is 470 g/mol.